The van der Waals surface area contributed by atoms with Crippen LogP contribution in [0.3, 0.4) is 0 Å². The monoisotopic (exact) mass is 236 g/mol. The average Bonchev–Trinajstić information content (AvgIpc) is 3.09. The minimum Gasteiger partial charge on any atom is -0.271 e. The summed E-state index contributed by atoms with van der Waals surface area (Å²) in [6, 6.07) is 2.04. The molecule has 84 valence electrons. The maximum atomic E-state index is 10.9. The van der Waals surface area contributed by atoms with Crippen LogP contribution in [0.2, 0.25) is 0 Å². The van der Waals surface area contributed by atoms with Gasteiger partial charge in [-0.25, -0.2) is 4.79 Å². The summed E-state index contributed by atoms with van der Waals surface area (Å²) in [7, 11) is 1.64. The van der Waals surface area contributed by atoms with Crippen molar-refractivity contribution in [1.29, 1.82) is 0 Å². The highest BCUT2D eigenvalue weighted by Crippen LogP contribution is 2.39. The number of amidine groups is 1. The van der Waals surface area contributed by atoms with Gasteiger partial charge in [0.15, 0.2) is 0 Å². The topological polar surface area (TPSA) is 54.4 Å². The van der Waals surface area contributed by atoms with Gasteiger partial charge in [-0.1, -0.05) is 0 Å². The number of hydrogen-bond donors (Lipinski definition) is 1. The van der Waals surface area contributed by atoms with Crippen LogP contribution in [0, 0.1) is 0 Å². The Labute approximate surface area is 99.6 Å². The minimum atomic E-state index is -0.308. The van der Waals surface area contributed by atoms with Crippen LogP contribution in [0.15, 0.2) is 23.5 Å². The van der Waals surface area contributed by atoms with Crippen molar-refractivity contribution >= 4 is 23.7 Å². The number of aliphatic imine (C=N–C) groups is 1. The smallest absolute Gasteiger partial charge is 0.271 e. The molecule has 5 heteroatoms. The predicted molar refractivity (Wildman–Crippen MR) is 67.4 cm³/mol. The van der Waals surface area contributed by atoms with Gasteiger partial charge >= 0.3 is 5.24 Å². The summed E-state index contributed by atoms with van der Waals surface area (Å²) in [4.78, 5) is 19.1. The van der Waals surface area contributed by atoms with E-state index in [0.717, 1.165) is 5.56 Å². The fourth-order valence-electron chi connectivity index (χ4n) is 1.59. The fraction of sp³-hybridized carbons (Fsp3) is 0.364. The molecule has 0 saturated heterocycles. The van der Waals surface area contributed by atoms with Crippen LogP contribution in [0.1, 0.15) is 29.9 Å². The standard InChI is InChI=1S/C11H13N3OS/c1-12-10(14-11(15)16)9-4-8(5-13-6-9)7-2-3-7/h4-7H,2-3H2,1H3,(H2,12,14,15,16)/p+1. The molecule has 4 nitrogen and oxygen atoms in total. The summed E-state index contributed by atoms with van der Waals surface area (Å²) in [6.07, 6.45) is 6.04. The lowest BCUT2D eigenvalue weighted by Gasteiger charge is -2.05. The summed E-state index contributed by atoms with van der Waals surface area (Å²) in [5, 5.41) is 2.31. The molecule has 0 atom stereocenters. The lowest BCUT2D eigenvalue weighted by molar-refractivity contribution is 0.264. The SMILES string of the molecule is CN=C(NC(=O)[SH2+])c1cncc(C2CC2)c1. The van der Waals surface area contributed by atoms with Crippen LogP contribution < -0.4 is 5.32 Å². The number of carbonyl (C=O) groups excluding carboxylic acids is 1. The first-order chi connectivity index (χ1) is 7.70. The van der Waals surface area contributed by atoms with E-state index in [0.29, 0.717) is 11.8 Å². The van der Waals surface area contributed by atoms with Crippen LogP contribution in [-0.2, 0) is 12.6 Å². The molecule has 2 rings (SSSR count). The second-order valence-corrected chi connectivity index (χ2v) is 4.26. The Balaban J connectivity index is 2.23. The molecule has 1 aromatic rings. The van der Waals surface area contributed by atoms with E-state index in [1.165, 1.54) is 18.4 Å². The molecular formula is C11H14N3OS+. The molecule has 1 fully saturated rings. The highest BCUT2D eigenvalue weighted by molar-refractivity contribution is 7.77. The van der Waals surface area contributed by atoms with E-state index in [-0.39, 0.29) is 5.24 Å². The van der Waals surface area contributed by atoms with E-state index in [4.69, 9.17) is 0 Å². The highest BCUT2D eigenvalue weighted by atomic mass is 32.1. The molecule has 1 aromatic heterocycles. The zero-order valence-electron chi connectivity index (χ0n) is 9.03. The second kappa shape index (κ2) is 4.65. The number of aromatic nitrogens is 1. The Hall–Kier alpha value is -1.36. The van der Waals surface area contributed by atoms with E-state index in [2.05, 4.69) is 27.9 Å². The van der Waals surface area contributed by atoms with Crippen molar-refractivity contribution in [1.82, 2.24) is 10.3 Å². The van der Waals surface area contributed by atoms with Gasteiger partial charge in [0.1, 0.15) is 5.84 Å². The molecule has 1 amide bonds. The number of carbonyl (C=O) groups is 1. The molecule has 1 saturated carbocycles. The zero-order valence-corrected chi connectivity index (χ0v) is 10.0. The first-order valence-corrected chi connectivity index (χ1v) is 5.65. The zero-order chi connectivity index (χ0) is 11.5. The number of nitrogens with zero attached hydrogens (tertiary/aromatic N) is 2. The lowest BCUT2D eigenvalue weighted by Crippen LogP contribution is -2.28. The van der Waals surface area contributed by atoms with E-state index < -0.39 is 0 Å². The Morgan fingerprint density at radius 3 is 2.88 bits per heavy atom. The largest absolute Gasteiger partial charge is 0.430 e. The summed E-state index contributed by atoms with van der Waals surface area (Å²) in [6.45, 7) is 0. The highest BCUT2D eigenvalue weighted by Gasteiger charge is 2.24. The Bertz CT molecular complexity index is 441. The number of nitrogens with one attached hydrogen (secondary N) is 1. The second-order valence-electron chi connectivity index (χ2n) is 3.81. The van der Waals surface area contributed by atoms with Crippen LogP contribution in [0.5, 0.6) is 0 Å². The minimum absolute atomic E-state index is 0.308. The summed E-state index contributed by atoms with van der Waals surface area (Å²) >= 11 is 2.87. The van der Waals surface area contributed by atoms with Gasteiger partial charge in [-0.05, 0) is 30.4 Å². The number of hydrogen-bond acceptors (Lipinski definition) is 3. The van der Waals surface area contributed by atoms with Crippen molar-refractivity contribution in [2.75, 3.05) is 7.05 Å². The van der Waals surface area contributed by atoms with Crippen molar-refractivity contribution in [2.45, 2.75) is 18.8 Å². The normalized spacial score (nSPS) is 16.0. The molecule has 1 N–H and O–H groups in total. The maximum absolute atomic E-state index is 10.9. The average molecular weight is 236 g/mol. The van der Waals surface area contributed by atoms with Gasteiger partial charge in [0.25, 0.3) is 0 Å². The lowest BCUT2D eigenvalue weighted by atomic mass is 10.1. The van der Waals surface area contributed by atoms with Crippen LogP contribution in [0.4, 0.5) is 4.79 Å². The molecule has 1 aliphatic carbocycles. The Morgan fingerprint density at radius 2 is 2.31 bits per heavy atom. The van der Waals surface area contributed by atoms with Crippen molar-refractivity contribution in [3.8, 4) is 0 Å². The number of rotatable bonds is 2. The molecule has 0 aromatic carbocycles. The number of pyridine rings is 1. The number of amides is 1. The molecule has 0 bridgehead atoms. The molecule has 0 spiro atoms. The molecule has 0 radical (unpaired) electrons. The molecule has 0 aliphatic heterocycles. The predicted octanol–water partition coefficient (Wildman–Crippen LogP) is 1.06. The molecule has 1 aliphatic rings. The van der Waals surface area contributed by atoms with E-state index in [1.54, 1.807) is 13.2 Å². The summed E-state index contributed by atoms with van der Waals surface area (Å²) in [5.41, 5.74) is 2.07. The van der Waals surface area contributed by atoms with Gasteiger partial charge in [0.05, 0.1) is 12.6 Å². The van der Waals surface area contributed by atoms with Gasteiger partial charge in [-0.15, -0.1) is 0 Å². The van der Waals surface area contributed by atoms with Gasteiger partial charge in [-0.3, -0.25) is 15.3 Å². The third kappa shape index (κ3) is 2.61. The van der Waals surface area contributed by atoms with E-state index in [9.17, 15) is 4.79 Å². The Morgan fingerprint density at radius 1 is 1.56 bits per heavy atom. The fourth-order valence-corrected chi connectivity index (χ4v) is 1.71. The first kappa shape index (κ1) is 11.1. The first-order valence-electron chi connectivity index (χ1n) is 5.15. The van der Waals surface area contributed by atoms with Crippen LogP contribution >= 0.6 is 0 Å². The molecule has 1 heterocycles. The van der Waals surface area contributed by atoms with Gasteiger partial charge < -0.3 is 0 Å². The molecule has 0 unspecified atom stereocenters. The van der Waals surface area contributed by atoms with Crippen LogP contribution in [-0.4, -0.2) is 23.1 Å². The van der Waals surface area contributed by atoms with Gasteiger partial charge in [-0.2, -0.15) is 0 Å². The quantitative estimate of drug-likeness (QED) is 0.474. The summed E-state index contributed by atoms with van der Waals surface area (Å²) < 4.78 is 0. The summed E-state index contributed by atoms with van der Waals surface area (Å²) in [5.74, 6) is 1.18. The van der Waals surface area contributed by atoms with Crippen molar-refractivity contribution in [3.05, 3.63) is 29.6 Å². The van der Waals surface area contributed by atoms with Gasteiger partial charge in [0.2, 0.25) is 0 Å². The van der Waals surface area contributed by atoms with E-state index >= 15 is 0 Å². The van der Waals surface area contributed by atoms with Crippen molar-refractivity contribution in [3.63, 3.8) is 0 Å². The van der Waals surface area contributed by atoms with Gasteiger partial charge in [0, 0.05) is 25.0 Å². The third-order valence-electron chi connectivity index (χ3n) is 2.54. The Kier molecular flexibility index (Phi) is 3.24. The maximum Gasteiger partial charge on any atom is 0.430 e. The third-order valence-corrected chi connectivity index (χ3v) is 2.66. The van der Waals surface area contributed by atoms with Crippen molar-refractivity contribution < 1.29 is 4.79 Å². The van der Waals surface area contributed by atoms with Crippen LogP contribution in [0.25, 0.3) is 0 Å². The van der Waals surface area contributed by atoms with Crippen molar-refractivity contribution in [2.24, 2.45) is 4.99 Å². The van der Waals surface area contributed by atoms with E-state index in [1.807, 2.05) is 12.3 Å². The molecular weight excluding hydrogens is 222 g/mol. The molecule has 16 heavy (non-hydrogen) atoms.